The summed E-state index contributed by atoms with van der Waals surface area (Å²) in [7, 11) is 1.83. The lowest BCUT2D eigenvalue weighted by molar-refractivity contribution is 0.191. The quantitative estimate of drug-likeness (QED) is 0.437. The molecule has 2 aliphatic heterocycles. The van der Waals surface area contributed by atoms with Gasteiger partial charge < -0.3 is 20.4 Å². The predicted molar refractivity (Wildman–Crippen MR) is 113 cm³/mol. The number of piperidine rings is 1. The first kappa shape index (κ1) is 19.9. The first-order chi connectivity index (χ1) is 13.2. The third-order valence-electron chi connectivity index (χ3n) is 5.74. The second-order valence-electron chi connectivity index (χ2n) is 7.95. The van der Waals surface area contributed by atoms with Gasteiger partial charge in [0, 0.05) is 39.4 Å². The summed E-state index contributed by atoms with van der Waals surface area (Å²) < 4.78 is 0. The molecule has 1 aromatic heterocycles. The Morgan fingerprint density at radius 3 is 2.59 bits per heavy atom. The molecular weight excluding hydrogens is 336 g/mol. The molecule has 150 valence electrons. The molecule has 6 nitrogen and oxygen atoms in total. The number of nitrogens with one attached hydrogen (secondary N) is 2. The zero-order valence-electron chi connectivity index (χ0n) is 17.1. The summed E-state index contributed by atoms with van der Waals surface area (Å²) in [4.78, 5) is 13.9. The summed E-state index contributed by atoms with van der Waals surface area (Å²) in [6.07, 6.45) is 8.39. The molecule has 1 aromatic rings. The SMILES string of the molecule is CN=C(NCCCN1CCC(C)CC1)NCc1ccc(N2CCCC2)nc1. The Labute approximate surface area is 164 Å². The van der Waals surface area contributed by atoms with Gasteiger partial charge in [-0.2, -0.15) is 0 Å². The van der Waals surface area contributed by atoms with Crippen molar-refractivity contribution in [2.24, 2.45) is 10.9 Å². The molecule has 2 saturated heterocycles. The van der Waals surface area contributed by atoms with Crippen LogP contribution in [-0.2, 0) is 6.54 Å². The molecule has 3 heterocycles. The molecule has 0 unspecified atom stereocenters. The van der Waals surface area contributed by atoms with Crippen molar-refractivity contribution in [3.05, 3.63) is 23.9 Å². The number of aromatic nitrogens is 1. The molecule has 0 amide bonds. The lowest BCUT2D eigenvalue weighted by atomic mass is 9.99. The lowest BCUT2D eigenvalue weighted by Crippen LogP contribution is -2.39. The summed E-state index contributed by atoms with van der Waals surface area (Å²) >= 11 is 0. The second-order valence-corrected chi connectivity index (χ2v) is 7.95. The number of nitrogens with zero attached hydrogens (tertiary/aromatic N) is 4. The largest absolute Gasteiger partial charge is 0.357 e. The Bertz CT molecular complexity index is 571. The molecule has 0 aromatic carbocycles. The van der Waals surface area contributed by atoms with Gasteiger partial charge in [-0.25, -0.2) is 4.98 Å². The van der Waals surface area contributed by atoms with Gasteiger partial charge in [0.05, 0.1) is 0 Å². The van der Waals surface area contributed by atoms with E-state index in [9.17, 15) is 0 Å². The number of likely N-dealkylation sites (tertiary alicyclic amines) is 1. The van der Waals surface area contributed by atoms with Crippen molar-refractivity contribution in [3.63, 3.8) is 0 Å². The predicted octanol–water partition coefficient (Wildman–Crippen LogP) is 2.47. The van der Waals surface area contributed by atoms with Crippen molar-refractivity contribution in [2.75, 3.05) is 51.2 Å². The summed E-state index contributed by atoms with van der Waals surface area (Å²) in [5, 5.41) is 6.82. The minimum atomic E-state index is 0.747. The Morgan fingerprint density at radius 1 is 1.15 bits per heavy atom. The Kier molecular flexibility index (Phi) is 7.75. The zero-order chi connectivity index (χ0) is 18.9. The summed E-state index contributed by atoms with van der Waals surface area (Å²) in [6.45, 7) is 10.0. The van der Waals surface area contributed by atoms with E-state index in [1.165, 1.54) is 50.9 Å². The third kappa shape index (κ3) is 6.38. The average Bonchev–Trinajstić information content (AvgIpc) is 3.24. The summed E-state index contributed by atoms with van der Waals surface area (Å²) in [5.41, 5.74) is 1.18. The van der Waals surface area contributed by atoms with Crippen molar-refractivity contribution in [2.45, 2.75) is 45.6 Å². The molecule has 6 heteroatoms. The van der Waals surface area contributed by atoms with E-state index in [2.05, 4.69) is 49.5 Å². The smallest absolute Gasteiger partial charge is 0.191 e. The first-order valence-electron chi connectivity index (χ1n) is 10.6. The van der Waals surface area contributed by atoms with Crippen LogP contribution >= 0.6 is 0 Å². The van der Waals surface area contributed by atoms with Crippen LogP contribution in [0.2, 0.25) is 0 Å². The maximum absolute atomic E-state index is 4.62. The van der Waals surface area contributed by atoms with E-state index in [1.54, 1.807) is 0 Å². The average molecular weight is 373 g/mol. The van der Waals surface area contributed by atoms with Gasteiger partial charge in [0.15, 0.2) is 5.96 Å². The maximum atomic E-state index is 4.62. The van der Waals surface area contributed by atoms with Gasteiger partial charge in [-0.15, -0.1) is 0 Å². The molecular formula is C21H36N6. The van der Waals surface area contributed by atoms with Crippen molar-refractivity contribution in [1.29, 1.82) is 0 Å². The highest BCUT2D eigenvalue weighted by atomic mass is 15.2. The first-order valence-corrected chi connectivity index (χ1v) is 10.6. The number of anilines is 1. The van der Waals surface area contributed by atoms with Gasteiger partial charge >= 0.3 is 0 Å². The van der Waals surface area contributed by atoms with Crippen LogP contribution in [0.25, 0.3) is 0 Å². The van der Waals surface area contributed by atoms with E-state index >= 15 is 0 Å². The van der Waals surface area contributed by atoms with E-state index < -0.39 is 0 Å². The molecule has 0 radical (unpaired) electrons. The van der Waals surface area contributed by atoms with E-state index in [1.807, 2.05) is 13.2 Å². The van der Waals surface area contributed by atoms with Crippen molar-refractivity contribution in [1.82, 2.24) is 20.5 Å². The highest BCUT2D eigenvalue weighted by Crippen LogP contribution is 2.17. The van der Waals surface area contributed by atoms with E-state index in [4.69, 9.17) is 0 Å². The van der Waals surface area contributed by atoms with E-state index in [0.717, 1.165) is 50.3 Å². The molecule has 2 aliphatic rings. The summed E-state index contributed by atoms with van der Waals surface area (Å²) in [5.74, 6) is 2.87. The number of hydrogen-bond acceptors (Lipinski definition) is 4. The fraction of sp³-hybridized carbons (Fsp3) is 0.714. The molecule has 0 aliphatic carbocycles. The fourth-order valence-electron chi connectivity index (χ4n) is 3.86. The van der Waals surface area contributed by atoms with E-state index in [0.29, 0.717) is 0 Å². The van der Waals surface area contributed by atoms with Gasteiger partial charge in [0.2, 0.25) is 0 Å². The Hall–Kier alpha value is -1.82. The van der Waals surface area contributed by atoms with Gasteiger partial charge in [-0.05, 0) is 69.3 Å². The van der Waals surface area contributed by atoms with Crippen LogP contribution in [0.5, 0.6) is 0 Å². The van der Waals surface area contributed by atoms with Gasteiger partial charge in [-0.1, -0.05) is 13.0 Å². The number of pyridine rings is 1. The van der Waals surface area contributed by atoms with Crippen LogP contribution in [0.3, 0.4) is 0 Å². The zero-order valence-corrected chi connectivity index (χ0v) is 17.1. The Morgan fingerprint density at radius 2 is 1.93 bits per heavy atom. The molecule has 2 N–H and O–H groups in total. The molecule has 2 fully saturated rings. The normalized spacial score (nSPS) is 19.5. The highest BCUT2D eigenvalue weighted by molar-refractivity contribution is 5.79. The van der Waals surface area contributed by atoms with Crippen LogP contribution in [0, 0.1) is 5.92 Å². The highest BCUT2D eigenvalue weighted by Gasteiger charge is 2.15. The number of rotatable bonds is 7. The van der Waals surface area contributed by atoms with Crippen LogP contribution in [0.1, 0.15) is 44.6 Å². The maximum Gasteiger partial charge on any atom is 0.191 e. The Balaban J connectivity index is 1.32. The second kappa shape index (κ2) is 10.5. The van der Waals surface area contributed by atoms with E-state index in [-0.39, 0.29) is 0 Å². The van der Waals surface area contributed by atoms with Crippen molar-refractivity contribution < 1.29 is 0 Å². The lowest BCUT2D eigenvalue weighted by Gasteiger charge is -2.30. The third-order valence-corrected chi connectivity index (χ3v) is 5.74. The molecule has 27 heavy (non-hydrogen) atoms. The van der Waals surface area contributed by atoms with Crippen LogP contribution < -0.4 is 15.5 Å². The molecule has 0 atom stereocenters. The van der Waals surface area contributed by atoms with Gasteiger partial charge in [0.1, 0.15) is 5.82 Å². The molecule has 0 bridgehead atoms. The minimum absolute atomic E-state index is 0.747. The number of aliphatic imine (C=N–C) groups is 1. The van der Waals surface area contributed by atoms with Crippen LogP contribution in [-0.4, -0.2) is 62.2 Å². The molecule has 3 rings (SSSR count). The number of guanidine groups is 1. The number of hydrogen-bond donors (Lipinski definition) is 2. The van der Waals surface area contributed by atoms with Gasteiger partial charge in [0.25, 0.3) is 0 Å². The standard InChI is InChI=1S/C21H36N6/c1-18-8-14-26(15-9-18)11-5-10-23-21(22-2)25-17-19-6-7-20(24-16-19)27-12-3-4-13-27/h6-7,16,18H,3-5,8-15,17H2,1-2H3,(H2,22,23,25). The minimum Gasteiger partial charge on any atom is -0.357 e. The van der Waals surface area contributed by atoms with Crippen LogP contribution in [0.15, 0.2) is 23.3 Å². The molecule has 0 saturated carbocycles. The fourth-order valence-corrected chi connectivity index (χ4v) is 3.86. The van der Waals surface area contributed by atoms with Gasteiger partial charge in [-0.3, -0.25) is 4.99 Å². The molecule has 0 spiro atoms. The monoisotopic (exact) mass is 372 g/mol. The summed E-state index contributed by atoms with van der Waals surface area (Å²) in [6, 6.07) is 4.30. The van der Waals surface area contributed by atoms with Crippen molar-refractivity contribution >= 4 is 11.8 Å². The van der Waals surface area contributed by atoms with Crippen LogP contribution in [0.4, 0.5) is 5.82 Å². The topological polar surface area (TPSA) is 55.8 Å². The van der Waals surface area contributed by atoms with Crippen molar-refractivity contribution in [3.8, 4) is 0 Å².